The number of esters is 1. The van der Waals surface area contributed by atoms with Crippen molar-refractivity contribution in [3.8, 4) is 0 Å². The van der Waals surface area contributed by atoms with E-state index in [2.05, 4.69) is 11.6 Å². The topological polar surface area (TPSA) is 59.0 Å². The Balaban J connectivity index is 2.10. The van der Waals surface area contributed by atoms with Gasteiger partial charge >= 0.3 is 5.97 Å². The van der Waals surface area contributed by atoms with Gasteiger partial charge in [-0.1, -0.05) is 43.5 Å². The van der Waals surface area contributed by atoms with E-state index in [9.17, 15) is 14.0 Å². The van der Waals surface area contributed by atoms with E-state index >= 15 is 0 Å². The Morgan fingerprint density at radius 2 is 2.12 bits per heavy atom. The number of carbonyl (C=O) groups is 2. The van der Waals surface area contributed by atoms with Crippen LogP contribution in [0.1, 0.15) is 31.9 Å². The standard InChI is InChI=1S/C19H19FN2O3S/c1-4-10-25-18(24)15-11(3)21-19-22(17(23)14(5-2)26-19)16(15)12-6-8-13(20)9-7-12/h4,6-9,14,16H,1,5,10H2,2-3H3. The zero-order valence-electron chi connectivity index (χ0n) is 14.6. The van der Waals surface area contributed by atoms with Gasteiger partial charge in [0.2, 0.25) is 5.91 Å². The number of fused-ring (bicyclic) bond motifs is 1. The largest absolute Gasteiger partial charge is 0.458 e. The molecule has 136 valence electrons. The first-order valence-electron chi connectivity index (χ1n) is 8.30. The van der Waals surface area contributed by atoms with E-state index in [4.69, 9.17) is 4.74 Å². The van der Waals surface area contributed by atoms with Crippen molar-refractivity contribution in [1.82, 2.24) is 4.90 Å². The second kappa shape index (κ2) is 7.45. The van der Waals surface area contributed by atoms with E-state index in [0.29, 0.717) is 22.8 Å². The molecule has 5 nitrogen and oxygen atoms in total. The fourth-order valence-electron chi connectivity index (χ4n) is 3.02. The van der Waals surface area contributed by atoms with Crippen LogP contribution < -0.4 is 0 Å². The fraction of sp³-hybridized carbons (Fsp3) is 0.316. The quantitative estimate of drug-likeness (QED) is 0.584. The summed E-state index contributed by atoms with van der Waals surface area (Å²) in [5, 5.41) is 0.321. The van der Waals surface area contributed by atoms with Crippen LogP contribution in [0.25, 0.3) is 0 Å². The van der Waals surface area contributed by atoms with Crippen molar-refractivity contribution in [3.63, 3.8) is 0 Å². The smallest absolute Gasteiger partial charge is 0.338 e. The molecule has 0 saturated carbocycles. The molecule has 0 aromatic heterocycles. The van der Waals surface area contributed by atoms with Crippen LogP contribution in [0.5, 0.6) is 0 Å². The molecule has 7 heteroatoms. The number of benzene rings is 1. The monoisotopic (exact) mass is 374 g/mol. The summed E-state index contributed by atoms with van der Waals surface area (Å²) < 4.78 is 18.6. The van der Waals surface area contributed by atoms with Gasteiger partial charge in [0.25, 0.3) is 0 Å². The average Bonchev–Trinajstić information content (AvgIpc) is 2.94. The molecule has 1 amide bonds. The highest BCUT2D eigenvalue weighted by atomic mass is 32.2. The summed E-state index contributed by atoms with van der Waals surface area (Å²) >= 11 is 1.39. The molecule has 0 N–H and O–H groups in total. The summed E-state index contributed by atoms with van der Waals surface area (Å²) in [5.41, 5.74) is 1.42. The number of allylic oxidation sites excluding steroid dienone is 1. The molecular weight excluding hydrogens is 355 g/mol. The molecule has 2 unspecified atom stereocenters. The number of aliphatic imine (C=N–C) groups is 1. The zero-order valence-corrected chi connectivity index (χ0v) is 15.4. The molecule has 2 aliphatic rings. The summed E-state index contributed by atoms with van der Waals surface area (Å²) in [4.78, 5) is 31.5. The number of halogens is 1. The second-order valence-corrected chi connectivity index (χ2v) is 7.13. The molecule has 2 heterocycles. The van der Waals surface area contributed by atoms with Crippen LogP contribution in [0, 0.1) is 5.82 Å². The first-order valence-corrected chi connectivity index (χ1v) is 9.18. The van der Waals surface area contributed by atoms with Crippen molar-refractivity contribution in [2.75, 3.05) is 6.61 Å². The number of hydrogen-bond acceptors (Lipinski definition) is 5. The van der Waals surface area contributed by atoms with Crippen LogP contribution in [0.3, 0.4) is 0 Å². The molecule has 2 atom stereocenters. The summed E-state index contributed by atoms with van der Waals surface area (Å²) in [6.07, 6.45) is 2.13. The van der Waals surface area contributed by atoms with E-state index in [1.165, 1.54) is 34.9 Å². The van der Waals surface area contributed by atoms with Crippen molar-refractivity contribution >= 4 is 28.8 Å². The van der Waals surface area contributed by atoms with Gasteiger partial charge in [-0.2, -0.15) is 0 Å². The SMILES string of the molecule is C=CCOC(=O)C1=C(C)N=C2SC(CC)C(=O)N2C1c1ccc(F)cc1. The molecule has 0 radical (unpaired) electrons. The minimum atomic E-state index is -0.683. The molecule has 1 saturated heterocycles. The van der Waals surface area contributed by atoms with Crippen molar-refractivity contribution < 1.29 is 18.7 Å². The van der Waals surface area contributed by atoms with Crippen LogP contribution in [0.2, 0.25) is 0 Å². The predicted molar refractivity (Wildman–Crippen MR) is 98.9 cm³/mol. The lowest BCUT2D eigenvalue weighted by Crippen LogP contribution is -2.40. The second-order valence-electron chi connectivity index (χ2n) is 5.96. The lowest BCUT2D eigenvalue weighted by molar-refractivity contribution is -0.139. The van der Waals surface area contributed by atoms with Gasteiger partial charge in [-0.05, 0) is 31.0 Å². The number of ether oxygens (including phenoxy) is 1. The van der Waals surface area contributed by atoms with Crippen LogP contribution in [0.4, 0.5) is 4.39 Å². The molecule has 26 heavy (non-hydrogen) atoms. The normalized spacial score (nSPS) is 22.2. The first kappa shape index (κ1) is 18.4. The van der Waals surface area contributed by atoms with Crippen LogP contribution in [-0.4, -0.2) is 33.8 Å². The van der Waals surface area contributed by atoms with Gasteiger partial charge in [0.1, 0.15) is 12.4 Å². The summed E-state index contributed by atoms with van der Waals surface area (Å²) in [5.74, 6) is -1.05. The van der Waals surface area contributed by atoms with Gasteiger partial charge in [0.15, 0.2) is 5.17 Å². The van der Waals surface area contributed by atoms with Gasteiger partial charge in [0.05, 0.1) is 22.6 Å². The van der Waals surface area contributed by atoms with Crippen LogP contribution in [-0.2, 0) is 14.3 Å². The number of amidine groups is 1. The predicted octanol–water partition coefficient (Wildman–Crippen LogP) is 3.59. The Kier molecular flexibility index (Phi) is 5.27. The highest BCUT2D eigenvalue weighted by molar-refractivity contribution is 8.15. The molecule has 0 bridgehead atoms. The van der Waals surface area contributed by atoms with E-state index < -0.39 is 12.0 Å². The van der Waals surface area contributed by atoms with Crippen molar-refractivity contribution in [1.29, 1.82) is 0 Å². The Labute approximate surface area is 155 Å². The molecule has 1 aromatic rings. The number of hydrogen-bond donors (Lipinski definition) is 0. The first-order chi connectivity index (χ1) is 12.5. The number of rotatable bonds is 5. The van der Waals surface area contributed by atoms with Gasteiger partial charge in [-0.25, -0.2) is 14.2 Å². The van der Waals surface area contributed by atoms with Gasteiger partial charge in [-0.3, -0.25) is 9.69 Å². The van der Waals surface area contributed by atoms with Crippen molar-refractivity contribution in [2.45, 2.75) is 31.6 Å². The van der Waals surface area contributed by atoms with Gasteiger partial charge < -0.3 is 4.74 Å². The van der Waals surface area contributed by atoms with E-state index in [-0.39, 0.29) is 29.2 Å². The Hall–Kier alpha value is -2.41. The van der Waals surface area contributed by atoms with Crippen molar-refractivity contribution in [2.24, 2.45) is 4.99 Å². The molecule has 1 fully saturated rings. The Bertz CT molecular complexity index is 817. The third kappa shape index (κ3) is 3.19. The maximum absolute atomic E-state index is 13.4. The third-order valence-electron chi connectivity index (χ3n) is 4.26. The highest BCUT2D eigenvalue weighted by Crippen LogP contribution is 2.43. The summed E-state index contributed by atoms with van der Waals surface area (Å²) in [6.45, 7) is 7.25. The maximum Gasteiger partial charge on any atom is 0.338 e. The molecule has 2 aliphatic heterocycles. The number of carbonyl (C=O) groups excluding carboxylic acids is 2. The van der Waals surface area contributed by atoms with E-state index in [1.54, 1.807) is 19.1 Å². The minimum Gasteiger partial charge on any atom is -0.458 e. The maximum atomic E-state index is 13.4. The molecular formula is C19H19FN2O3S. The van der Waals surface area contributed by atoms with E-state index in [1.807, 2.05) is 6.92 Å². The molecule has 0 aliphatic carbocycles. The lowest BCUT2D eigenvalue weighted by atomic mass is 9.94. The molecule has 0 spiro atoms. The average molecular weight is 374 g/mol. The fourth-order valence-corrected chi connectivity index (χ4v) is 4.16. The molecule has 1 aromatic carbocycles. The van der Waals surface area contributed by atoms with Crippen LogP contribution >= 0.6 is 11.8 Å². The number of thioether (sulfide) groups is 1. The number of amides is 1. The van der Waals surface area contributed by atoms with Crippen molar-refractivity contribution in [3.05, 3.63) is 59.6 Å². The van der Waals surface area contributed by atoms with Gasteiger partial charge in [0, 0.05) is 0 Å². The summed E-state index contributed by atoms with van der Waals surface area (Å²) in [7, 11) is 0. The van der Waals surface area contributed by atoms with E-state index in [0.717, 1.165) is 0 Å². The zero-order chi connectivity index (χ0) is 18.8. The minimum absolute atomic E-state index is 0.0581. The lowest BCUT2D eigenvalue weighted by Gasteiger charge is -2.33. The summed E-state index contributed by atoms with van der Waals surface area (Å²) in [6, 6.07) is 5.10. The Morgan fingerprint density at radius 3 is 2.73 bits per heavy atom. The number of nitrogens with zero attached hydrogens (tertiary/aromatic N) is 2. The van der Waals surface area contributed by atoms with Gasteiger partial charge in [-0.15, -0.1) is 0 Å². The van der Waals surface area contributed by atoms with Crippen LogP contribution in [0.15, 0.2) is 53.2 Å². The Morgan fingerprint density at radius 1 is 1.42 bits per heavy atom. The highest BCUT2D eigenvalue weighted by Gasteiger charge is 2.47. The molecule has 3 rings (SSSR count). The third-order valence-corrected chi connectivity index (χ3v) is 5.58.